The van der Waals surface area contributed by atoms with Crippen LogP contribution in [0.5, 0.6) is 0 Å². The van der Waals surface area contributed by atoms with Crippen molar-refractivity contribution in [3.8, 4) is 0 Å². The fourth-order valence-electron chi connectivity index (χ4n) is 1.57. The lowest BCUT2D eigenvalue weighted by Gasteiger charge is -2.14. The number of nitrogens with zero attached hydrogens (tertiary/aromatic N) is 1. The van der Waals surface area contributed by atoms with Crippen molar-refractivity contribution in [2.24, 2.45) is 0 Å². The van der Waals surface area contributed by atoms with Crippen LogP contribution in [0.2, 0.25) is 5.15 Å². The summed E-state index contributed by atoms with van der Waals surface area (Å²) in [6.07, 6.45) is -0.0586. The molecule has 0 spiro atoms. The number of aliphatic hydroxyl groups is 1. The molecule has 1 aromatic rings. The molecule has 0 aromatic carbocycles. The van der Waals surface area contributed by atoms with Crippen LogP contribution in [0.15, 0.2) is 12.1 Å². The maximum absolute atomic E-state index is 12.0. The predicted molar refractivity (Wildman–Crippen MR) is 73.9 cm³/mol. The van der Waals surface area contributed by atoms with Crippen molar-refractivity contribution >= 4 is 23.5 Å². The molecule has 0 saturated heterocycles. The van der Waals surface area contributed by atoms with E-state index in [1.54, 1.807) is 6.07 Å². The summed E-state index contributed by atoms with van der Waals surface area (Å²) < 4.78 is 0. The Morgan fingerprint density at radius 1 is 1.40 bits per heavy atom. The van der Waals surface area contributed by atoms with Gasteiger partial charge in [-0.2, -0.15) is 0 Å². The molecule has 0 aliphatic rings. The smallest absolute Gasteiger partial charge is 0.326 e. The second kappa shape index (κ2) is 7.21. The van der Waals surface area contributed by atoms with Crippen molar-refractivity contribution in [2.75, 3.05) is 6.61 Å². The molecule has 0 aliphatic heterocycles. The molecule has 0 radical (unpaired) electrons. The van der Waals surface area contributed by atoms with E-state index in [0.717, 1.165) is 0 Å². The Morgan fingerprint density at radius 2 is 2.05 bits per heavy atom. The maximum Gasteiger partial charge on any atom is 0.326 e. The Labute approximate surface area is 121 Å². The molecule has 1 aromatic heterocycles. The molecule has 0 aliphatic carbocycles. The van der Waals surface area contributed by atoms with Crippen LogP contribution in [0.3, 0.4) is 0 Å². The van der Waals surface area contributed by atoms with E-state index in [9.17, 15) is 9.59 Å². The molecule has 0 fully saturated rings. The lowest BCUT2D eigenvalue weighted by atomic mass is 10.1. The van der Waals surface area contributed by atoms with Crippen molar-refractivity contribution < 1.29 is 19.8 Å². The van der Waals surface area contributed by atoms with Gasteiger partial charge in [-0.15, -0.1) is 0 Å². The topological polar surface area (TPSA) is 99.5 Å². The minimum Gasteiger partial charge on any atom is -0.480 e. The molecule has 0 unspecified atom stereocenters. The number of carbonyl (C=O) groups excluding carboxylic acids is 1. The largest absolute Gasteiger partial charge is 0.480 e. The molecule has 6 nitrogen and oxygen atoms in total. The molecule has 7 heteroatoms. The Balaban J connectivity index is 2.94. The molecular weight excluding hydrogens is 284 g/mol. The summed E-state index contributed by atoms with van der Waals surface area (Å²) >= 11 is 5.85. The van der Waals surface area contributed by atoms with E-state index in [-0.39, 0.29) is 29.7 Å². The molecule has 1 rings (SSSR count). The third-order valence-electron chi connectivity index (χ3n) is 2.69. The van der Waals surface area contributed by atoms with Crippen molar-refractivity contribution in [2.45, 2.75) is 32.2 Å². The van der Waals surface area contributed by atoms with E-state index in [1.165, 1.54) is 6.07 Å². The van der Waals surface area contributed by atoms with E-state index in [4.69, 9.17) is 21.8 Å². The number of carbonyl (C=O) groups is 2. The molecule has 110 valence electrons. The summed E-state index contributed by atoms with van der Waals surface area (Å²) in [5, 5.41) is 20.2. The highest BCUT2D eigenvalue weighted by Crippen LogP contribution is 2.17. The first kappa shape index (κ1) is 16.4. The number of pyridine rings is 1. The minimum absolute atomic E-state index is 0.0586. The van der Waals surface area contributed by atoms with E-state index >= 15 is 0 Å². The summed E-state index contributed by atoms with van der Waals surface area (Å²) in [5.74, 6) is -1.67. The van der Waals surface area contributed by atoms with Gasteiger partial charge in [-0.25, -0.2) is 9.78 Å². The number of hydrogen-bond acceptors (Lipinski definition) is 4. The standard InChI is InChI=1S/C13H17ClN2O4/c1-7(2)10-5-8(6-11(14)15-10)12(18)16-9(3-4-17)13(19)20/h5-7,9,17H,3-4H2,1-2H3,(H,16,18)(H,19,20)/t9-/m1/s1. The van der Waals surface area contributed by atoms with Gasteiger partial charge >= 0.3 is 5.97 Å². The number of aliphatic carboxylic acids is 1. The van der Waals surface area contributed by atoms with Crippen molar-refractivity contribution in [3.63, 3.8) is 0 Å². The second-order valence-corrected chi connectivity index (χ2v) is 5.02. The zero-order chi connectivity index (χ0) is 15.3. The molecular formula is C13H17ClN2O4. The zero-order valence-electron chi connectivity index (χ0n) is 11.3. The van der Waals surface area contributed by atoms with Gasteiger partial charge in [0.05, 0.1) is 0 Å². The van der Waals surface area contributed by atoms with Crippen LogP contribution >= 0.6 is 11.6 Å². The number of aromatic nitrogens is 1. The van der Waals surface area contributed by atoms with Gasteiger partial charge in [-0.3, -0.25) is 4.79 Å². The third kappa shape index (κ3) is 4.47. The SMILES string of the molecule is CC(C)c1cc(C(=O)N[C@H](CCO)C(=O)O)cc(Cl)n1. The van der Waals surface area contributed by atoms with Gasteiger partial charge in [0.25, 0.3) is 5.91 Å². The lowest BCUT2D eigenvalue weighted by Crippen LogP contribution is -2.41. The van der Waals surface area contributed by atoms with E-state index in [2.05, 4.69) is 10.3 Å². The second-order valence-electron chi connectivity index (χ2n) is 4.63. The lowest BCUT2D eigenvalue weighted by molar-refractivity contribution is -0.139. The summed E-state index contributed by atoms with van der Waals surface area (Å²) in [4.78, 5) is 27.0. The van der Waals surface area contributed by atoms with Gasteiger partial charge < -0.3 is 15.5 Å². The Hall–Kier alpha value is -1.66. The number of carboxylic acids is 1. The van der Waals surface area contributed by atoms with Crippen molar-refractivity contribution in [1.82, 2.24) is 10.3 Å². The van der Waals surface area contributed by atoms with Crippen LogP contribution in [0.1, 0.15) is 42.2 Å². The van der Waals surface area contributed by atoms with E-state index in [1.807, 2.05) is 13.8 Å². The predicted octanol–water partition coefficient (Wildman–Crippen LogP) is 1.42. The number of hydrogen-bond donors (Lipinski definition) is 3. The average molecular weight is 301 g/mol. The van der Waals surface area contributed by atoms with Crippen LogP contribution in [0.4, 0.5) is 0 Å². The van der Waals surface area contributed by atoms with Crippen molar-refractivity contribution in [3.05, 3.63) is 28.5 Å². The first-order chi connectivity index (χ1) is 9.35. The fourth-order valence-corrected chi connectivity index (χ4v) is 1.79. The summed E-state index contributed by atoms with van der Waals surface area (Å²) in [7, 11) is 0. The van der Waals surface area contributed by atoms with E-state index in [0.29, 0.717) is 5.69 Å². The van der Waals surface area contributed by atoms with Crippen LogP contribution in [-0.4, -0.2) is 39.7 Å². The number of halogens is 1. The maximum atomic E-state index is 12.0. The Bertz CT molecular complexity index is 505. The molecule has 1 amide bonds. The number of aliphatic hydroxyl groups excluding tert-OH is 1. The third-order valence-corrected chi connectivity index (χ3v) is 2.88. The average Bonchev–Trinajstić information content (AvgIpc) is 2.37. The van der Waals surface area contributed by atoms with Gasteiger partial charge in [0, 0.05) is 24.3 Å². The zero-order valence-corrected chi connectivity index (χ0v) is 12.0. The van der Waals surface area contributed by atoms with Gasteiger partial charge in [-0.05, 0) is 18.1 Å². The molecule has 0 saturated carbocycles. The number of rotatable bonds is 6. The van der Waals surface area contributed by atoms with Crippen LogP contribution in [0.25, 0.3) is 0 Å². The first-order valence-electron chi connectivity index (χ1n) is 6.17. The van der Waals surface area contributed by atoms with Crippen molar-refractivity contribution in [1.29, 1.82) is 0 Å². The quantitative estimate of drug-likeness (QED) is 0.690. The molecule has 20 heavy (non-hydrogen) atoms. The molecule has 1 heterocycles. The molecule has 3 N–H and O–H groups in total. The summed E-state index contributed by atoms with van der Waals surface area (Å²) in [5.41, 5.74) is 0.898. The summed E-state index contributed by atoms with van der Waals surface area (Å²) in [6.45, 7) is 3.49. The van der Waals surface area contributed by atoms with Gasteiger partial charge in [0.15, 0.2) is 0 Å². The number of amides is 1. The normalized spacial score (nSPS) is 12.2. The Morgan fingerprint density at radius 3 is 2.55 bits per heavy atom. The highest BCUT2D eigenvalue weighted by molar-refractivity contribution is 6.29. The van der Waals surface area contributed by atoms with Crippen LogP contribution in [-0.2, 0) is 4.79 Å². The van der Waals surface area contributed by atoms with E-state index < -0.39 is 17.9 Å². The molecule has 1 atom stereocenters. The fraction of sp³-hybridized carbons (Fsp3) is 0.462. The molecule has 0 bridgehead atoms. The highest BCUT2D eigenvalue weighted by Gasteiger charge is 2.20. The van der Waals surface area contributed by atoms with Gasteiger partial charge in [0.2, 0.25) is 0 Å². The van der Waals surface area contributed by atoms with Gasteiger partial charge in [0.1, 0.15) is 11.2 Å². The van der Waals surface area contributed by atoms with Gasteiger partial charge in [-0.1, -0.05) is 25.4 Å². The van der Waals surface area contributed by atoms with Crippen LogP contribution in [0, 0.1) is 0 Å². The minimum atomic E-state index is -1.20. The monoisotopic (exact) mass is 300 g/mol. The first-order valence-corrected chi connectivity index (χ1v) is 6.55. The van der Waals surface area contributed by atoms with Crippen LogP contribution < -0.4 is 5.32 Å². The Kier molecular flexibility index (Phi) is 5.91. The summed E-state index contributed by atoms with van der Waals surface area (Å²) in [6, 6.07) is 1.81. The highest BCUT2D eigenvalue weighted by atomic mass is 35.5. The number of nitrogens with one attached hydrogen (secondary N) is 1. The number of carboxylic acid groups (broad SMARTS) is 1.